The predicted octanol–water partition coefficient (Wildman–Crippen LogP) is 2.70. The highest BCUT2D eigenvalue weighted by molar-refractivity contribution is 5.92. The maximum atomic E-state index is 13.6. The molecular weight excluding hydrogens is 402 g/mol. The van der Waals surface area contributed by atoms with Crippen LogP contribution in [-0.4, -0.2) is 57.5 Å². The first-order valence-electron chi connectivity index (χ1n) is 10.6. The highest BCUT2D eigenvalue weighted by Crippen LogP contribution is 2.24. The Bertz CT molecular complexity index is 1420. The van der Waals surface area contributed by atoms with Gasteiger partial charge in [0, 0.05) is 32.4 Å². The molecule has 4 heterocycles. The molecule has 4 aromatic rings. The number of nitrogens with one attached hydrogen (secondary N) is 1. The Kier molecular flexibility index (Phi) is 4.96. The third kappa shape index (κ3) is 3.43. The Balaban J connectivity index is 1.72. The van der Waals surface area contributed by atoms with Crippen molar-refractivity contribution in [3.63, 3.8) is 0 Å². The van der Waals surface area contributed by atoms with Gasteiger partial charge in [0.25, 0.3) is 5.56 Å². The van der Waals surface area contributed by atoms with Crippen LogP contribution in [0.4, 0.5) is 5.82 Å². The Hall–Kier alpha value is -3.96. The van der Waals surface area contributed by atoms with E-state index in [1.807, 2.05) is 43.3 Å². The number of para-hydroxylation sites is 2. The summed E-state index contributed by atoms with van der Waals surface area (Å²) >= 11 is 0. The zero-order valence-corrected chi connectivity index (χ0v) is 18.0. The molecule has 0 amide bonds. The van der Waals surface area contributed by atoms with E-state index in [0.29, 0.717) is 28.4 Å². The second-order valence-electron chi connectivity index (χ2n) is 8.10. The summed E-state index contributed by atoms with van der Waals surface area (Å²) in [6.07, 6.45) is 3.34. The van der Waals surface area contributed by atoms with Crippen molar-refractivity contribution in [1.82, 2.24) is 24.3 Å². The fourth-order valence-corrected chi connectivity index (χ4v) is 4.06. The average molecular weight is 425 g/mol. The molecule has 0 atom stereocenters. The van der Waals surface area contributed by atoms with Crippen molar-refractivity contribution in [2.75, 3.05) is 38.1 Å². The molecule has 3 aromatic heterocycles. The monoisotopic (exact) mass is 425 g/mol. The van der Waals surface area contributed by atoms with Crippen LogP contribution in [0.25, 0.3) is 28.3 Å². The molecule has 1 aromatic carbocycles. The second-order valence-corrected chi connectivity index (χ2v) is 8.10. The maximum Gasteiger partial charge on any atom is 0.267 e. The molecular formula is C24H23N7O. The maximum absolute atomic E-state index is 13.6. The van der Waals surface area contributed by atoms with Crippen molar-refractivity contribution >= 4 is 34.1 Å². The van der Waals surface area contributed by atoms with Gasteiger partial charge in [-0.2, -0.15) is 5.26 Å². The molecule has 1 N–H and O–H groups in total. The number of rotatable bonds is 3. The van der Waals surface area contributed by atoms with Crippen molar-refractivity contribution < 1.29 is 0 Å². The normalized spacial score (nSPS) is 15.4. The summed E-state index contributed by atoms with van der Waals surface area (Å²) < 4.78 is 1.55. The minimum atomic E-state index is -0.198. The van der Waals surface area contributed by atoms with E-state index in [0.717, 1.165) is 42.8 Å². The van der Waals surface area contributed by atoms with Crippen LogP contribution >= 0.6 is 0 Å². The van der Waals surface area contributed by atoms with E-state index in [1.54, 1.807) is 16.7 Å². The van der Waals surface area contributed by atoms with Crippen LogP contribution in [0.5, 0.6) is 0 Å². The van der Waals surface area contributed by atoms with E-state index >= 15 is 0 Å². The van der Waals surface area contributed by atoms with Crippen LogP contribution in [0.15, 0.2) is 47.4 Å². The van der Waals surface area contributed by atoms with Crippen molar-refractivity contribution in [3.05, 3.63) is 69.9 Å². The Morgan fingerprint density at radius 2 is 1.91 bits per heavy atom. The minimum Gasteiger partial charge on any atom is -0.353 e. The molecule has 1 fully saturated rings. The molecule has 0 aliphatic carbocycles. The molecule has 1 aliphatic rings. The average Bonchev–Trinajstić information content (AvgIpc) is 3.23. The number of pyridine rings is 1. The number of nitrogens with zero attached hydrogens (tertiary/aromatic N) is 6. The first kappa shape index (κ1) is 20.0. The van der Waals surface area contributed by atoms with Gasteiger partial charge < -0.3 is 14.8 Å². The number of aromatic nitrogens is 4. The molecule has 8 nitrogen and oxygen atoms in total. The molecule has 5 rings (SSSR count). The van der Waals surface area contributed by atoms with Crippen molar-refractivity contribution in [2.45, 2.75) is 6.92 Å². The van der Waals surface area contributed by atoms with Gasteiger partial charge in [-0.1, -0.05) is 18.2 Å². The summed E-state index contributed by atoms with van der Waals surface area (Å²) in [7, 11) is 2.08. The van der Waals surface area contributed by atoms with Gasteiger partial charge in [-0.05, 0) is 43.8 Å². The number of likely N-dealkylation sites (N-methyl/N-ethyl adjacent to an activating group) is 1. The van der Waals surface area contributed by atoms with Crippen LogP contribution in [0.1, 0.15) is 17.0 Å². The van der Waals surface area contributed by atoms with Crippen LogP contribution in [0.3, 0.4) is 0 Å². The molecule has 0 radical (unpaired) electrons. The van der Waals surface area contributed by atoms with Gasteiger partial charge in [0.15, 0.2) is 0 Å². The number of fused-ring (bicyclic) bond motifs is 2. The number of benzene rings is 1. The number of imidazole rings is 1. The van der Waals surface area contributed by atoms with Crippen LogP contribution in [0.2, 0.25) is 0 Å². The number of aromatic amines is 1. The minimum absolute atomic E-state index is 0.198. The Morgan fingerprint density at radius 3 is 2.66 bits per heavy atom. The number of H-pyrrole nitrogens is 1. The topological polar surface area (TPSA) is 93.3 Å². The summed E-state index contributed by atoms with van der Waals surface area (Å²) in [5, 5.41) is 9.92. The largest absolute Gasteiger partial charge is 0.353 e. The van der Waals surface area contributed by atoms with E-state index in [1.165, 1.54) is 0 Å². The van der Waals surface area contributed by atoms with E-state index in [9.17, 15) is 10.1 Å². The lowest BCUT2D eigenvalue weighted by Crippen LogP contribution is -2.45. The number of aryl methyl sites for hydroxylation is 1. The quantitative estimate of drug-likeness (QED) is 0.507. The molecule has 160 valence electrons. The van der Waals surface area contributed by atoms with Crippen LogP contribution < -0.4 is 10.5 Å². The summed E-state index contributed by atoms with van der Waals surface area (Å²) in [6.45, 7) is 5.23. The molecule has 32 heavy (non-hydrogen) atoms. The highest BCUT2D eigenvalue weighted by atomic mass is 16.1. The van der Waals surface area contributed by atoms with Gasteiger partial charge in [-0.15, -0.1) is 0 Å². The standard InChI is InChI=1S/C24H23N7O/c1-16-6-5-9-31-22(16)28-23(30-12-10-29(2)11-13-30)18(24(31)32)14-17(15-25)21-26-19-7-3-4-8-20(19)27-21/h3-9,14H,10-13H2,1-2H3,(H,26,27)/b17-14+. The molecule has 0 unspecified atom stereocenters. The van der Waals surface area contributed by atoms with Gasteiger partial charge in [0.1, 0.15) is 23.4 Å². The molecule has 8 heteroatoms. The SMILES string of the molecule is Cc1cccn2c(=O)c(/C=C(\C#N)c3nc4ccccc4[nH]3)c(N3CCN(C)CC3)nc12. The molecule has 0 spiro atoms. The smallest absolute Gasteiger partial charge is 0.267 e. The summed E-state index contributed by atoms with van der Waals surface area (Å²) in [6, 6.07) is 13.6. The number of nitriles is 1. The molecule has 1 saturated heterocycles. The third-order valence-electron chi connectivity index (χ3n) is 5.92. The summed E-state index contributed by atoms with van der Waals surface area (Å²) in [5.41, 5.74) is 3.66. The Morgan fingerprint density at radius 1 is 1.12 bits per heavy atom. The predicted molar refractivity (Wildman–Crippen MR) is 125 cm³/mol. The highest BCUT2D eigenvalue weighted by Gasteiger charge is 2.22. The van der Waals surface area contributed by atoms with Gasteiger partial charge in [0.2, 0.25) is 0 Å². The number of hydrogen-bond donors (Lipinski definition) is 1. The number of hydrogen-bond acceptors (Lipinski definition) is 6. The first-order valence-corrected chi connectivity index (χ1v) is 10.6. The Labute approximate surface area is 185 Å². The number of anilines is 1. The van der Waals surface area contributed by atoms with Gasteiger partial charge in [0.05, 0.1) is 22.2 Å². The van der Waals surface area contributed by atoms with Gasteiger partial charge in [-0.3, -0.25) is 9.20 Å². The fraction of sp³-hybridized carbons (Fsp3) is 0.250. The lowest BCUT2D eigenvalue weighted by atomic mass is 10.1. The van der Waals surface area contributed by atoms with E-state index < -0.39 is 0 Å². The molecule has 0 bridgehead atoms. The summed E-state index contributed by atoms with van der Waals surface area (Å²) in [4.78, 5) is 30.6. The van der Waals surface area contributed by atoms with Crippen molar-refractivity contribution in [1.29, 1.82) is 5.26 Å². The van der Waals surface area contributed by atoms with Crippen LogP contribution in [-0.2, 0) is 0 Å². The molecule has 0 saturated carbocycles. The van der Waals surface area contributed by atoms with Crippen molar-refractivity contribution in [3.8, 4) is 6.07 Å². The zero-order valence-electron chi connectivity index (χ0n) is 18.0. The summed E-state index contributed by atoms with van der Waals surface area (Å²) in [5.74, 6) is 1.05. The van der Waals surface area contributed by atoms with Crippen molar-refractivity contribution in [2.24, 2.45) is 0 Å². The van der Waals surface area contributed by atoms with E-state index in [-0.39, 0.29) is 5.56 Å². The van der Waals surface area contributed by atoms with Gasteiger partial charge >= 0.3 is 0 Å². The lowest BCUT2D eigenvalue weighted by Gasteiger charge is -2.34. The van der Waals surface area contributed by atoms with Crippen LogP contribution in [0, 0.1) is 18.3 Å². The first-order chi connectivity index (χ1) is 15.5. The molecule has 1 aliphatic heterocycles. The zero-order chi connectivity index (χ0) is 22.2. The van der Waals surface area contributed by atoms with Gasteiger partial charge in [-0.25, -0.2) is 9.97 Å². The number of allylic oxidation sites excluding steroid dienone is 1. The number of piperazine rings is 1. The van der Waals surface area contributed by atoms with E-state index in [2.05, 4.69) is 32.9 Å². The second kappa shape index (κ2) is 7.94. The third-order valence-corrected chi connectivity index (χ3v) is 5.92. The fourth-order valence-electron chi connectivity index (χ4n) is 4.06. The lowest BCUT2D eigenvalue weighted by molar-refractivity contribution is 0.312. The van der Waals surface area contributed by atoms with E-state index in [4.69, 9.17) is 4.98 Å².